The van der Waals surface area contributed by atoms with Gasteiger partial charge in [0.05, 0.1) is 42.6 Å². The zero-order valence-corrected chi connectivity index (χ0v) is 17.0. The molecule has 2 fully saturated rings. The number of esters is 1. The summed E-state index contributed by atoms with van der Waals surface area (Å²) in [6, 6.07) is 3.56. The van der Waals surface area contributed by atoms with Crippen LogP contribution in [0.3, 0.4) is 0 Å². The number of nitrogens with zero attached hydrogens (tertiary/aromatic N) is 4. The Labute approximate surface area is 174 Å². The molecule has 0 amide bonds. The van der Waals surface area contributed by atoms with Crippen molar-refractivity contribution in [1.29, 1.82) is 0 Å². The Morgan fingerprint density at radius 2 is 2.07 bits per heavy atom. The summed E-state index contributed by atoms with van der Waals surface area (Å²) in [5.41, 5.74) is 1.78. The number of carbonyl (C=O) groups is 2. The second-order valence-electron chi connectivity index (χ2n) is 8.13. The molecule has 0 unspecified atom stereocenters. The third-order valence-corrected chi connectivity index (χ3v) is 5.69. The normalized spacial score (nSPS) is 21.2. The standard InChI is InChI=1S/C21H26N4O5/c1-25-18(10-19(26)29-12-13-5-6-13)20(23-24-25)17-8-7-16(11-22-17)30-15-4-2-3-14(9-15)21(27)28/h7-8,11,13-15H,2-6,9-10,12H2,1H3,(H,27,28)/t14-,15-/m0/s1. The molecule has 0 bridgehead atoms. The molecule has 0 spiro atoms. The van der Waals surface area contributed by atoms with E-state index in [1.165, 1.54) is 0 Å². The van der Waals surface area contributed by atoms with Crippen molar-refractivity contribution >= 4 is 11.9 Å². The van der Waals surface area contributed by atoms with Gasteiger partial charge in [-0.1, -0.05) is 5.21 Å². The molecule has 160 valence electrons. The van der Waals surface area contributed by atoms with Crippen LogP contribution in [-0.4, -0.2) is 49.7 Å². The summed E-state index contributed by atoms with van der Waals surface area (Å²) in [4.78, 5) is 27.8. The van der Waals surface area contributed by atoms with Gasteiger partial charge < -0.3 is 14.6 Å². The van der Waals surface area contributed by atoms with Crippen LogP contribution in [0.2, 0.25) is 0 Å². The van der Waals surface area contributed by atoms with Crippen LogP contribution in [0.4, 0.5) is 0 Å². The van der Waals surface area contributed by atoms with Gasteiger partial charge in [-0.2, -0.15) is 0 Å². The summed E-state index contributed by atoms with van der Waals surface area (Å²) in [5.74, 6) is -0.300. The van der Waals surface area contributed by atoms with E-state index in [1.54, 1.807) is 30.1 Å². The first-order valence-corrected chi connectivity index (χ1v) is 10.4. The Hall–Kier alpha value is -2.97. The highest BCUT2D eigenvalue weighted by atomic mass is 16.5. The van der Waals surface area contributed by atoms with Crippen LogP contribution in [0, 0.1) is 11.8 Å². The molecule has 2 aliphatic rings. The molecule has 2 aromatic rings. The number of carboxylic acid groups (broad SMARTS) is 1. The fourth-order valence-electron chi connectivity index (χ4n) is 3.72. The lowest BCUT2D eigenvalue weighted by Crippen LogP contribution is -2.29. The molecule has 9 heteroatoms. The summed E-state index contributed by atoms with van der Waals surface area (Å²) in [6.07, 6.45) is 6.70. The van der Waals surface area contributed by atoms with Crippen molar-refractivity contribution in [2.75, 3.05) is 6.61 Å². The van der Waals surface area contributed by atoms with Crippen LogP contribution in [0.25, 0.3) is 11.4 Å². The molecular formula is C21H26N4O5. The lowest BCUT2D eigenvalue weighted by atomic mass is 9.87. The zero-order chi connectivity index (χ0) is 21.1. The number of aromatic nitrogens is 4. The lowest BCUT2D eigenvalue weighted by Gasteiger charge is -2.27. The van der Waals surface area contributed by atoms with Crippen LogP contribution >= 0.6 is 0 Å². The number of rotatable bonds is 8. The number of hydrogen-bond acceptors (Lipinski definition) is 7. The third-order valence-electron chi connectivity index (χ3n) is 5.69. The quantitative estimate of drug-likeness (QED) is 0.655. The van der Waals surface area contributed by atoms with E-state index in [9.17, 15) is 14.7 Å². The van der Waals surface area contributed by atoms with Crippen molar-refractivity contribution in [3.05, 3.63) is 24.0 Å². The summed E-state index contributed by atoms with van der Waals surface area (Å²) in [5, 5.41) is 17.4. The molecule has 4 rings (SSSR count). The van der Waals surface area contributed by atoms with E-state index in [0.29, 0.717) is 48.2 Å². The molecule has 2 atom stereocenters. The van der Waals surface area contributed by atoms with Gasteiger partial charge in [-0.3, -0.25) is 19.3 Å². The molecule has 30 heavy (non-hydrogen) atoms. The maximum Gasteiger partial charge on any atom is 0.311 e. The lowest BCUT2D eigenvalue weighted by molar-refractivity contribution is -0.144. The summed E-state index contributed by atoms with van der Waals surface area (Å²) >= 11 is 0. The summed E-state index contributed by atoms with van der Waals surface area (Å²) in [7, 11) is 1.74. The smallest absolute Gasteiger partial charge is 0.311 e. The van der Waals surface area contributed by atoms with Crippen molar-refractivity contribution in [1.82, 2.24) is 20.0 Å². The van der Waals surface area contributed by atoms with Gasteiger partial charge in [0.15, 0.2) is 0 Å². The molecule has 1 N–H and O–H groups in total. The Bertz CT molecular complexity index is 907. The van der Waals surface area contributed by atoms with E-state index >= 15 is 0 Å². The highest BCUT2D eigenvalue weighted by Gasteiger charge is 2.28. The molecule has 0 aromatic carbocycles. The van der Waals surface area contributed by atoms with Crippen molar-refractivity contribution in [2.45, 2.75) is 51.0 Å². The Kier molecular flexibility index (Phi) is 5.96. The average molecular weight is 414 g/mol. The molecule has 2 heterocycles. The largest absolute Gasteiger partial charge is 0.489 e. The number of carbonyl (C=O) groups excluding carboxylic acids is 1. The predicted molar refractivity (Wildman–Crippen MR) is 106 cm³/mol. The third kappa shape index (κ3) is 4.95. The fourth-order valence-corrected chi connectivity index (χ4v) is 3.72. The van der Waals surface area contributed by atoms with Crippen LogP contribution in [0.1, 0.15) is 44.2 Å². The zero-order valence-electron chi connectivity index (χ0n) is 17.0. The minimum absolute atomic E-state index is 0.0874. The molecule has 2 aliphatic carbocycles. The van der Waals surface area contributed by atoms with Crippen molar-refractivity contribution in [3.8, 4) is 17.1 Å². The second-order valence-corrected chi connectivity index (χ2v) is 8.13. The average Bonchev–Trinajstić information content (AvgIpc) is 3.51. The minimum atomic E-state index is -0.761. The van der Waals surface area contributed by atoms with Gasteiger partial charge >= 0.3 is 11.9 Å². The molecule has 9 nitrogen and oxygen atoms in total. The Morgan fingerprint density at radius 3 is 2.77 bits per heavy atom. The van der Waals surface area contributed by atoms with Crippen molar-refractivity contribution in [3.63, 3.8) is 0 Å². The molecule has 2 aromatic heterocycles. The number of carboxylic acids is 1. The van der Waals surface area contributed by atoms with Crippen LogP contribution in [0.5, 0.6) is 5.75 Å². The van der Waals surface area contributed by atoms with Gasteiger partial charge in [0.2, 0.25) is 0 Å². The summed E-state index contributed by atoms with van der Waals surface area (Å²) in [6.45, 7) is 0.480. The van der Waals surface area contributed by atoms with E-state index < -0.39 is 5.97 Å². The topological polar surface area (TPSA) is 116 Å². The van der Waals surface area contributed by atoms with E-state index in [1.807, 2.05) is 0 Å². The van der Waals surface area contributed by atoms with Gasteiger partial charge in [0.1, 0.15) is 11.4 Å². The van der Waals surface area contributed by atoms with E-state index in [-0.39, 0.29) is 24.4 Å². The molecule has 0 saturated heterocycles. The van der Waals surface area contributed by atoms with Crippen LogP contribution in [0.15, 0.2) is 18.3 Å². The minimum Gasteiger partial charge on any atom is -0.489 e. The van der Waals surface area contributed by atoms with Gasteiger partial charge in [0, 0.05) is 7.05 Å². The van der Waals surface area contributed by atoms with Gasteiger partial charge in [0.25, 0.3) is 0 Å². The van der Waals surface area contributed by atoms with Crippen LogP contribution < -0.4 is 4.74 Å². The maximum atomic E-state index is 12.2. The number of ether oxygens (including phenoxy) is 2. The Balaban J connectivity index is 1.40. The first-order chi connectivity index (χ1) is 14.5. The van der Waals surface area contributed by atoms with Crippen molar-refractivity contribution < 1.29 is 24.2 Å². The first-order valence-electron chi connectivity index (χ1n) is 10.4. The maximum absolute atomic E-state index is 12.2. The Morgan fingerprint density at radius 1 is 1.23 bits per heavy atom. The molecule has 2 saturated carbocycles. The van der Waals surface area contributed by atoms with E-state index in [0.717, 1.165) is 25.7 Å². The van der Waals surface area contributed by atoms with E-state index in [2.05, 4.69) is 15.3 Å². The summed E-state index contributed by atoms with van der Waals surface area (Å²) < 4.78 is 12.8. The van der Waals surface area contributed by atoms with Crippen molar-refractivity contribution in [2.24, 2.45) is 18.9 Å². The van der Waals surface area contributed by atoms with Crippen LogP contribution in [-0.2, 0) is 27.8 Å². The number of pyridine rings is 1. The number of aliphatic carboxylic acids is 1. The van der Waals surface area contributed by atoms with Gasteiger partial charge in [-0.25, -0.2) is 0 Å². The van der Waals surface area contributed by atoms with Gasteiger partial charge in [-0.15, -0.1) is 5.10 Å². The highest BCUT2D eigenvalue weighted by Crippen LogP contribution is 2.30. The number of hydrogen-bond donors (Lipinski definition) is 1. The predicted octanol–water partition coefficient (Wildman–Crippen LogP) is 2.40. The second kappa shape index (κ2) is 8.81. The number of aryl methyl sites for hydroxylation is 1. The SMILES string of the molecule is Cn1nnc(-c2ccc(O[C@H]3CCC[C@H](C(=O)O)C3)cn2)c1CC(=O)OCC1CC1. The first kappa shape index (κ1) is 20.3. The fraction of sp³-hybridized carbons (Fsp3) is 0.571. The monoisotopic (exact) mass is 414 g/mol. The molecule has 0 radical (unpaired) electrons. The van der Waals surface area contributed by atoms with Gasteiger partial charge in [-0.05, 0) is 56.6 Å². The molecule has 0 aliphatic heterocycles. The molecular weight excluding hydrogens is 388 g/mol. The highest BCUT2D eigenvalue weighted by molar-refractivity contribution is 5.75. The van der Waals surface area contributed by atoms with E-state index in [4.69, 9.17) is 9.47 Å².